The van der Waals surface area contributed by atoms with Gasteiger partial charge in [-0.25, -0.2) is 14.0 Å². The molecule has 5 rings (SSSR count). The number of benzene rings is 2. The third-order valence-electron chi connectivity index (χ3n) is 4.96. The standard InChI is InChI=1S/C19H13FN6O4/c20-11-3-4-13(12(9-11)10-1-2-10)25(19(27)18-21-7-8-22-18)14-5-6-15(26(28)29)17-16(14)23-30-24-17/h3-10H,1-2H2,(H,21,22). The second-order valence-corrected chi connectivity index (χ2v) is 6.88. The van der Waals surface area contributed by atoms with Gasteiger partial charge in [-0.1, -0.05) is 0 Å². The van der Waals surface area contributed by atoms with E-state index in [0.29, 0.717) is 11.3 Å². The van der Waals surface area contributed by atoms with E-state index in [9.17, 15) is 19.3 Å². The maximum absolute atomic E-state index is 14.0. The summed E-state index contributed by atoms with van der Waals surface area (Å²) in [6.45, 7) is 0. The zero-order valence-corrected chi connectivity index (χ0v) is 15.3. The van der Waals surface area contributed by atoms with Crippen molar-refractivity contribution in [1.29, 1.82) is 0 Å². The van der Waals surface area contributed by atoms with Gasteiger partial charge in [-0.3, -0.25) is 19.8 Å². The lowest BCUT2D eigenvalue weighted by atomic mass is 10.1. The molecule has 0 aliphatic heterocycles. The monoisotopic (exact) mass is 408 g/mol. The van der Waals surface area contributed by atoms with Crippen molar-refractivity contribution >= 4 is 34.0 Å². The molecule has 2 aromatic heterocycles. The molecule has 1 fully saturated rings. The van der Waals surface area contributed by atoms with Gasteiger partial charge in [-0.05, 0) is 58.9 Å². The Kier molecular flexibility index (Phi) is 4.02. The first kappa shape index (κ1) is 17.9. The number of nitro groups is 1. The van der Waals surface area contributed by atoms with Crippen LogP contribution in [0.4, 0.5) is 21.5 Å². The molecular weight excluding hydrogens is 395 g/mol. The Morgan fingerprint density at radius 2 is 1.97 bits per heavy atom. The van der Waals surface area contributed by atoms with E-state index in [1.54, 1.807) is 0 Å². The summed E-state index contributed by atoms with van der Waals surface area (Å²) in [6.07, 6.45) is 4.68. The molecule has 0 atom stereocenters. The highest BCUT2D eigenvalue weighted by Crippen LogP contribution is 2.47. The number of fused-ring (bicyclic) bond motifs is 1. The molecule has 0 radical (unpaired) electrons. The third-order valence-corrected chi connectivity index (χ3v) is 4.96. The second-order valence-electron chi connectivity index (χ2n) is 6.88. The summed E-state index contributed by atoms with van der Waals surface area (Å²) in [5.41, 5.74) is 0.963. The molecule has 0 bridgehead atoms. The molecule has 150 valence electrons. The van der Waals surface area contributed by atoms with Gasteiger partial charge in [0, 0.05) is 18.5 Å². The van der Waals surface area contributed by atoms with Crippen molar-refractivity contribution in [2.24, 2.45) is 0 Å². The second kappa shape index (κ2) is 6.72. The number of halogens is 1. The molecule has 0 spiro atoms. The maximum Gasteiger partial charge on any atom is 0.300 e. The lowest BCUT2D eigenvalue weighted by Crippen LogP contribution is -2.28. The summed E-state index contributed by atoms with van der Waals surface area (Å²) in [4.78, 5) is 32.2. The predicted octanol–water partition coefficient (Wildman–Crippen LogP) is 3.85. The molecule has 0 saturated heterocycles. The summed E-state index contributed by atoms with van der Waals surface area (Å²) >= 11 is 0. The Labute approximate surface area is 167 Å². The SMILES string of the molecule is O=C(c1ncc[nH]1)N(c1ccc(F)cc1C1CC1)c1ccc([N+](=O)[O-])c2nonc12. The molecule has 1 N–H and O–H groups in total. The number of anilines is 2. The number of rotatable bonds is 5. The molecule has 1 amide bonds. The van der Waals surface area contributed by atoms with Gasteiger partial charge in [0.05, 0.1) is 16.3 Å². The van der Waals surface area contributed by atoms with Crippen molar-refractivity contribution in [2.75, 3.05) is 4.90 Å². The van der Waals surface area contributed by atoms with E-state index in [1.807, 2.05) is 0 Å². The van der Waals surface area contributed by atoms with Crippen LogP contribution in [0.1, 0.15) is 34.9 Å². The van der Waals surface area contributed by atoms with Crippen molar-refractivity contribution in [1.82, 2.24) is 20.3 Å². The number of hydrogen-bond acceptors (Lipinski definition) is 7. The van der Waals surface area contributed by atoms with Gasteiger partial charge in [0.2, 0.25) is 5.52 Å². The molecule has 2 heterocycles. The van der Waals surface area contributed by atoms with Crippen LogP contribution in [0.2, 0.25) is 0 Å². The van der Waals surface area contributed by atoms with Crippen LogP contribution in [0.5, 0.6) is 0 Å². The summed E-state index contributed by atoms with van der Waals surface area (Å²) in [7, 11) is 0. The minimum atomic E-state index is -0.609. The predicted molar refractivity (Wildman–Crippen MR) is 102 cm³/mol. The fourth-order valence-electron chi connectivity index (χ4n) is 3.46. The molecule has 4 aromatic rings. The Bertz CT molecular complexity index is 1280. The molecule has 1 aliphatic rings. The van der Waals surface area contributed by atoms with Gasteiger partial charge in [-0.15, -0.1) is 0 Å². The molecule has 0 unspecified atom stereocenters. The topological polar surface area (TPSA) is 131 Å². The minimum absolute atomic E-state index is 0.0372. The van der Waals surface area contributed by atoms with Gasteiger partial charge in [-0.2, -0.15) is 0 Å². The minimum Gasteiger partial charge on any atom is -0.341 e. The van der Waals surface area contributed by atoms with Crippen LogP contribution in [0.3, 0.4) is 0 Å². The number of carbonyl (C=O) groups is 1. The Hall–Kier alpha value is -4.15. The van der Waals surface area contributed by atoms with Gasteiger partial charge in [0.25, 0.3) is 5.91 Å². The first-order valence-corrected chi connectivity index (χ1v) is 9.07. The van der Waals surface area contributed by atoms with Gasteiger partial charge >= 0.3 is 5.69 Å². The number of nitrogens with one attached hydrogen (secondary N) is 1. The molecule has 1 saturated carbocycles. The lowest BCUT2D eigenvalue weighted by molar-refractivity contribution is -0.383. The smallest absolute Gasteiger partial charge is 0.300 e. The Balaban J connectivity index is 1.76. The van der Waals surface area contributed by atoms with Crippen LogP contribution in [0.25, 0.3) is 11.0 Å². The number of carbonyl (C=O) groups excluding carboxylic acids is 1. The quantitative estimate of drug-likeness (QED) is 0.392. The highest BCUT2D eigenvalue weighted by Gasteiger charge is 2.34. The van der Waals surface area contributed by atoms with Crippen LogP contribution < -0.4 is 4.90 Å². The zero-order valence-electron chi connectivity index (χ0n) is 15.3. The van der Waals surface area contributed by atoms with E-state index in [2.05, 4.69) is 20.3 Å². The average Bonchev–Trinajstić information content (AvgIpc) is 3.22. The highest BCUT2D eigenvalue weighted by atomic mass is 19.1. The van der Waals surface area contributed by atoms with E-state index in [-0.39, 0.29) is 34.2 Å². The van der Waals surface area contributed by atoms with Crippen LogP contribution in [-0.4, -0.2) is 31.1 Å². The van der Waals surface area contributed by atoms with Gasteiger partial charge in [0.15, 0.2) is 11.3 Å². The number of nitro benzene ring substituents is 1. The van der Waals surface area contributed by atoms with E-state index in [0.717, 1.165) is 12.8 Å². The lowest BCUT2D eigenvalue weighted by Gasteiger charge is -2.24. The van der Waals surface area contributed by atoms with E-state index < -0.39 is 16.6 Å². The van der Waals surface area contributed by atoms with E-state index in [4.69, 9.17) is 4.63 Å². The van der Waals surface area contributed by atoms with Gasteiger partial charge in [0.1, 0.15) is 5.82 Å². The Morgan fingerprint density at radius 1 is 1.20 bits per heavy atom. The van der Waals surface area contributed by atoms with Crippen LogP contribution in [0.15, 0.2) is 47.4 Å². The molecule has 1 aliphatic carbocycles. The van der Waals surface area contributed by atoms with Crippen molar-refractivity contribution in [3.8, 4) is 0 Å². The van der Waals surface area contributed by atoms with E-state index in [1.165, 1.54) is 47.6 Å². The van der Waals surface area contributed by atoms with Crippen molar-refractivity contribution in [2.45, 2.75) is 18.8 Å². The number of aromatic nitrogens is 4. The largest absolute Gasteiger partial charge is 0.341 e. The first-order valence-electron chi connectivity index (χ1n) is 9.07. The number of non-ortho nitro benzene ring substituents is 1. The molecule has 2 aromatic carbocycles. The normalized spacial score (nSPS) is 13.5. The summed E-state index contributed by atoms with van der Waals surface area (Å²) < 4.78 is 18.7. The zero-order chi connectivity index (χ0) is 20.8. The van der Waals surface area contributed by atoms with Crippen LogP contribution >= 0.6 is 0 Å². The number of hydrogen-bond donors (Lipinski definition) is 1. The van der Waals surface area contributed by atoms with Gasteiger partial charge < -0.3 is 4.98 Å². The van der Waals surface area contributed by atoms with Crippen molar-refractivity contribution in [3.05, 3.63) is 70.0 Å². The van der Waals surface area contributed by atoms with Crippen molar-refractivity contribution in [3.63, 3.8) is 0 Å². The molecule has 11 heteroatoms. The third kappa shape index (κ3) is 2.87. The fourth-order valence-corrected chi connectivity index (χ4v) is 3.46. The first-order chi connectivity index (χ1) is 14.5. The maximum atomic E-state index is 14.0. The summed E-state index contributed by atoms with van der Waals surface area (Å²) in [5, 5.41) is 18.8. The number of H-pyrrole nitrogens is 1. The van der Waals surface area contributed by atoms with E-state index >= 15 is 0 Å². The number of amides is 1. The fraction of sp³-hybridized carbons (Fsp3) is 0.158. The summed E-state index contributed by atoms with van der Waals surface area (Å²) in [6, 6.07) is 6.78. The molecule has 10 nitrogen and oxygen atoms in total. The number of imidazole rings is 1. The Morgan fingerprint density at radius 3 is 2.67 bits per heavy atom. The molecular formula is C19H13FN6O4. The average molecular weight is 408 g/mol. The van der Waals surface area contributed by atoms with Crippen LogP contribution in [0, 0.1) is 15.9 Å². The van der Waals surface area contributed by atoms with Crippen molar-refractivity contribution < 1.29 is 18.7 Å². The molecule has 30 heavy (non-hydrogen) atoms. The number of aromatic amines is 1. The number of nitrogens with zero attached hydrogens (tertiary/aromatic N) is 5. The summed E-state index contributed by atoms with van der Waals surface area (Å²) in [5.74, 6) is -0.787. The highest BCUT2D eigenvalue weighted by molar-refractivity contribution is 6.13. The van der Waals surface area contributed by atoms with Crippen LogP contribution in [-0.2, 0) is 0 Å².